The molecule has 5 nitrogen and oxygen atoms in total. The molecule has 2 heterocycles. The number of aromatic nitrogens is 4. The van der Waals surface area contributed by atoms with Crippen molar-refractivity contribution in [2.75, 3.05) is 7.05 Å². The summed E-state index contributed by atoms with van der Waals surface area (Å²) in [4.78, 5) is 0. The molecule has 1 atom stereocenters. The molecule has 0 saturated heterocycles. The highest BCUT2D eigenvalue weighted by molar-refractivity contribution is 5.06. The summed E-state index contributed by atoms with van der Waals surface area (Å²) in [5, 5.41) is 11.5. The minimum Gasteiger partial charge on any atom is -0.312 e. The summed E-state index contributed by atoms with van der Waals surface area (Å²) in [6.07, 6.45) is 6.23. The zero-order valence-electron chi connectivity index (χ0n) is 18.2. The number of aryl methyl sites for hydroxylation is 2. The third-order valence-corrected chi connectivity index (χ3v) is 3.87. The standard InChI is InChI=1S/C9H16N2.C7H13N3.2C2H6/c1-4-8(5-2)9-6-7-10-11(9)3;1-6(8-2)7-4-5-10(3)9-7;2*1-2/h6-8H,4-5H2,1-3H3;4-6,8H,1-3H3;2*1-2H3. The second kappa shape index (κ2) is 15.9. The predicted molar refractivity (Wildman–Crippen MR) is 110 cm³/mol. The third kappa shape index (κ3) is 9.44. The van der Waals surface area contributed by atoms with Crippen molar-refractivity contribution in [1.82, 2.24) is 24.9 Å². The van der Waals surface area contributed by atoms with Crippen molar-refractivity contribution in [2.45, 2.75) is 73.3 Å². The Labute approximate surface area is 155 Å². The minimum absolute atomic E-state index is 0.348. The van der Waals surface area contributed by atoms with Crippen molar-refractivity contribution in [2.24, 2.45) is 14.1 Å². The molecule has 0 aliphatic carbocycles. The van der Waals surface area contributed by atoms with Crippen molar-refractivity contribution in [3.05, 3.63) is 35.9 Å². The van der Waals surface area contributed by atoms with Crippen LogP contribution in [0.2, 0.25) is 0 Å². The first-order valence-corrected chi connectivity index (χ1v) is 9.68. The van der Waals surface area contributed by atoms with Crippen LogP contribution >= 0.6 is 0 Å². The van der Waals surface area contributed by atoms with Crippen LogP contribution in [0.15, 0.2) is 24.5 Å². The summed E-state index contributed by atoms with van der Waals surface area (Å²) in [7, 11) is 5.86. The molecule has 0 fully saturated rings. The highest BCUT2D eigenvalue weighted by Crippen LogP contribution is 2.21. The van der Waals surface area contributed by atoms with Gasteiger partial charge in [0.1, 0.15) is 0 Å². The van der Waals surface area contributed by atoms with Gasteiger partial charge in [-0.3, -0.25) is 9.36 Å². The lowest BCUT2D eigenvalue weighted by Crippen LogP contribution is -2.12. The maximum Gasteiger partial charge on any atom is 0.0790 e. The molecule has 1 unspecified atom stereocenters. The van der Waals surface area contributed by atoms with Crippen LogP contribution in [0, 0.1) is 0 Å². The van der Waals surface area contributed by atoms with Gasteiger partial charge in [-0.25, -0.2) is 0 Å². The maximum atomic E-state index is 4.24. The lowest BCUT2D eigenvalue weighted by molar-refractivity contribution is 0.573. The predicted octanol–water partition coefficient (Wildman–Crippen LogP) is 5.08. The van der Waals surface area contributed by atoms with E-state index in [1.807, 2.05) is 76.7 Å². The van der Waals surface area contributed by atoms with E-state index in [9.17, 15) is 0 Å². The quantitative estimate of drug-likeness (QED) is 0.817. The summed E-state index contributed by atoms with van der Waals surface area (Å²) in [5.41, 5.74) is 2.44. The topological polar surface area (TPSA) is 47.7 Å². The fourth-order valence-electron chi connectivity index (χ4n) is 2.30. The lowest BCUT2D eigenvalue weighted by Gasteiger charge is -2.11. The summed E-state index contributed by atoms with van der Waals surface area (Å²) in [6, 6.07) is 4.47. The van der Waals surface area contributed by atoms with Crippen molar-refractivity contribution >= 4 is 0 Å². The summed E-state index contributed by atoms with van der Waals surface area (Å²) in [6.45, 7) is 14.5. The molecule has 0 amide bonds. The van der Waals surface area contributed by atoms with Gasteiger partial charge in [0.25, 0.3) is 0 Å². The van der Waals surface area contributed by atoms with Crippen molar-refractivity contribution in [1.29, 1.82) is 0 Å². The van der Waals surface area contributed by atoms with Gasteiger partial charge >= 0.3 is 0 Å². The molecule has 2 aromatic rings. The Morgan fingerprint density at radius 2 is 1.60 bits per heavy atom. The molecule has 2 rings (SSSR count). The highest BCUT2D eigenvalue weighted by atomic mass is 15.3. The molecule has 1 N–H and O–H groups in total. The first-order valence-electron chi connectivity index (χ1n) is 9.68. The molecule has 0 aliphatic heterocycles. The Kier molecular flexibility index (Phi) is 16.3. The molecular weight excluding hydrogens is 310 g/mol. The van der Waals surface area contributed by atoms with Crippen molar-refractivity contribution < 1.29 is 0 Å². The van der Waals surface area contributed by atoms with Gasteiger partial charge in [-0.15, -0.1) is 0 Å². The molecule has 0 saturated carbocycles. The molecule has 0 aromatic carbocycles. The Hall–Kier alpha value is -1.62. The number of hydrogen-bond acceptors (Lipinski definition) is 3. The minimum atomic E-state index is 0.348. The molecule has 0 aliphatic rings. The van der Waals surface area contributed by atoms with Crippen LogP contribution in [0.25, 0.3) is 0 Å². The Bertz CT molecular complexity index is 512. The van der Waals surface area contributed by atoms with Gasteiger partial charge in [-0.05, 0) is 38.9 Å². The average molecular weight is 352 g/mol. The zero-order chi connectivity index (χ0) is 19.8. The van der Waals surface area contributed by atoms with Gasteiger partial charge in [0.05, 0.1) is 5.69 Å². The fraction of sp³-hybridized carbons (Fsp3) is 0.700. The van der Waals surface area contributed by atoms with Crippen LogP contribution in [-0.2, 0) is 14.1 Å². The van der Waals surface area contributed by atoms with E-state index in [0.717, 1.165) is 5.69 Å². The third-order valence-electron chi connectivity index (χ3n) is 3.87. The van der Waals surface area contributed by atoms with Crippen LogP contribution in [-0.4, -0.2) is 26.6 Å². The zero-order valence-corrected chi connectivity index (χ0v) is 18.2. The molecule has 0 spiro atoms. The van der Waals surface area contributed by atoms with Crippen molar-refractivity contribution in [3.63, 3.8) is 0 Å². The van der Waals surface area contributed by atoms with Gasteiger partial charge in [0.2, 0.25) is 0 Å². The molecule has 25 heavy (non-hydrogen) atoms. The van der Waals surface area contributed by atoms with E-state index < -0.39 is 0 Å². The second-order valence-electron chi connectivity index (χ2n) is 5.32. The van der Waals surface area contributed by atoms with Gasteiger partial charge in [-0.1, -0.05) is 41.5 Å². The van der Waals surface area contributed by atoms with E-state index in [2.05, 4.69) is 42.4 Å². The normalized spacial score (nSPS) is 10.7. The van der Waals surface area contributed by atoms with Crippen LogP contribution in [0.4, 0.5) is 0 Å². The SMILES string of the molecule is CC.CC.CCC(CC)c1ccnn1C.CNC(C)c1ccn(C)n1. The Morgan fingerprint density at radius 1 is 1.04 bits per heavy atom. The summed E-state index contributed by atoms with van der Waals surface area (Å²) in [5.74, 6) is 0.683. The lowest BCUT2D eigenvalue weighted by atomic mass is 10.00. The molecule has 5 heteroatoms. The number of nitrogens with zero attached hydrogens (tertiary/aromatic N) is 4. The average Bonchev–Trinajstić information content (AvgIpc) is 3.28. The van der Waals surface area contributed by atoms with Gasteiger partial charge in [0.15, 0.2) is 0 Å². The number of rotatable bonds is 5. The van der Waals surface area contributed by atoms with Gasteiger partial charge < -0.3 is 5.32 Å². The maximum absolute atomic E-state index is 4.24. The molecule has 0 radical (unpaired) electrons. The van der Waals surface area contributed by atoms with E-state index in [-0.39, 0.29) is 0 Å². The Morgan fingerprint density at radius 3 is 1.92 bits per heavy atom. The molecular formula is C20H41N5. The van der Waals surface area contributed by atoms with E-state index in [0.29, 0.717) is 12.0 Å². The molecule has 2 aromatic heterocycles. The first-order chi connectivity index (χ1) is 12.0. The number of hydrogen-bond donors (Lipinski definition) is 1. The van der Waals surface area contributed by atoms with Crippen LogP contribution in [0.5, 0.6) is 0 Å². The van der Waals surface area contributed by atoms with Crippen LogP contribution in [0.1, 0.15) is 84.7 Å². The highest BCUT2D eigenvalue weighted by Gasteiger charge is 2.09. The molecule has 0 bridgehead atoms. The smallest absolute Gasteiger partial charge is 0.0790 e. The summed E-state index contributed by atoms with van der Waals surface area (Å²) < 4.78 is 3.78. The van der Waals surface area contributed by atoms with E-state index in [4.69, 9.17) is 0 Å². The monoisotopic (exact) mass is 351 g/mol. The van der Waals surface area contributed by atoms with E-state index in [1.54, 1.807) is 0 Å². The Balaban J connectivity index is 0. The van der Waals surface area contributed by atoms with Gasteiger partial charge in [-0.2, -0.15) is 10.2 Å². The van der Waals surface area contributed by atoms with E-state index in [1.165, 1.54) is 18.5 Å². The number of nitrogens with one attached hydrogen (secondary N) is 1. The molecule has 146 valence electrons. The van der Waals surface area contributed by atoms with Crippen LogP contribution < -0.4 is 5.32 Å². The van der Waals surface area contributed by atoms with Crippen molar-refractivity contribution in [3.8, 4) is 0 Å². The largest absolute Gasteiger partial charge is 0.312 e. The van der Waals surface area contributed by atoms with Crippen LogP contribution in [0.3, 0.4) is 0 Å². The fourth-order valence-corrected chi connectivity index (χ4v) is 2.30. The first kappa shape index (κ1) is 25.6. The summed E-state index contributed by atoms with van der Waals surface area (Å²) >= 11 is 0. The second-order valence-corrected chi connectivity index (χ2v) is 5.32. The van der Waals surface area contributed by atoms with Gasteiger partial charge in [0, 0.05) is 44.1 Å². The van der Waals surface area contributed by atoms with E-state index >= 15 is 0 Å².